The van der Waals surface area contributed by atoms with Crippen molar-refractivity contribution in [3.63, 3.8) is 0 Å². The molecule has 86 valence electrons. The van der Waals surface area contributed by atoms with Gasteiger partial charge in [-0.3, -0.25) is 0 Å². The molecule has 1 aromatic heterocycles. The molecule has 2 heterocycles. The zero-order chi connectivity index (χ0) is 11.8. The van der Waals surface area contributed by atoms with Gasteiger partial charge in [-0.05, 0) is 17.2 Å². The molecule has 17 heavy (non-hydrogen) atoms. The van der Waals surface area contributed by atoms with Gasteiger partial charge in [-0.1, -0.05) is 29.4 Å². The van der Waals surface area contributed by atoms with Gasteiger partial charge >= 0.3 is 5.16 Å². The number of nitrogens with zero attached hydrogens (tertiary/aromatic N) is 3. The molecule has 1 unspecified atom stereocenters. The third-order valence-electron chi connectivity index (χ3n) is 2.80. The van der Waals surface area contributed by atoms with Crippen LogP contribution < -0.4 is 0 Å². The lowest BCUT2D eigenvalue weighted by Gasteiger charge is -2.03. The molecule has 0 saturated carbocycles. The fraction of sp³-hybridized carbons (Fsp3) is 0.167. The molecular weight excluding hydrogens is 234 g/mol. The van der Waals surface area contributed by atoms with Gasteiger partial charge in [-0.2, -0.15) is 0 Å². The third kappa shape index (κ3) is 1.77. The van der Waals surface area contributed by atoms with Crippen molar-refractivity contribution < 1.29 is 4.55 Å². The van der Waals surface area contributed by atoms with E-state index < -0.39 is 11.2 Å². The summed E-state index contributed by atoms with van der Waals surface area (Å²) in [5.74, 6) is 0.830. The molecule has 1 aliphatic rings. The summed E-state index contributed by atoms with van der Waals surface area (Å²) in [6, 6.07) is 8.16. The summed E-state index contributed by atoms with van der Waals surface area (Å²) in [7, 11) is 0. The largest absolute Gasteiger partial charge is 0.609 e. The first-order valence-electron chi connectivity index (χ1n) is 5.29. The highest BCUT2D eigenvalue weighted by atomic mass is 32.2. The SMILES string of the molecule is C[S+]([O-])c1nnc2n1C=Cc1ccccc1C2. The molecular formula is C12H11N3OS. The second-order valence-electron chi connectivity index (χ2n) is 3.91. The minimum atomic E-state index is -1.12. The van der Waals surface area contributed by atoms with Crippen LogP contribution >= 0.6 is 0 Å². The van der Waals surface area contributed by atoms with Crippen LogP contribution in [0.2, 0.25) is 0 Å². The van der Waals surface area contributed by atoms with Crippen molar-refractivity contribution in [1.82, 2.24) is 14.8 Å². The Morgan fingerprint density at radius 3 is 2.94 bits per heavy atom. The van der Waals surface area contributed by atoms with E-state index in [1.54, 1.807) is 6.26 Å². The number of benzene rings is 1. The summed E-state index contributed by atoms with van der Waals surface area (Å²) < 4.78 is 13.3. The van der Waals surface area contributed by atoms with Crippen LogP contribution in [0.1, 0.15) is 17.0 Å². The Kier molecular flexibility index (Phi) is 2.49. The van der Waals surface area contributed by atoms with E-state index in [1.165, 1.54) is 11.1 Å². The standard InChI is InChI=1S/C12H11N3OS/c1-17(16)12-14-13-11-8-10-5-3-2-4-9(10)6-7-15(11)12/h2-7H,8H2,1H3. The van der Waals surface area contributed by atoms with Crippen molar-refractivity contribution in [2.45, 2.75) is 11.6 Å². The topological polar surface area (TPSA) is 53.8 Å². The first-order chi connectivity index (χ1) is 8.25. The van der Waals surface area contributed by atoms with Gasteiger partial charge in [-0.25, -0.2) is 4.57 Å². The Hall–Kier alpha value is -1.59. The van der Waals surface area contributed by atoms with E-state index in [0.717, 1.165) is 5.82 Å². The maximum absolute atomic E-state index is 11.5. The van der Waals surface area contributed by atoms with E-state index in [9.17, 15) is 4.55 Å². The smallest absolute Gasteiger partial charge is 0.347 e. The Morgan fingerprint density at radius 2 is 2.12 bits per heavy atom. The van der Waals surface area contributed by atoms with Crippen molar-refractivity contribution in [3.8, 4) is 0 Å². The lowest BCUT2D eigenvalue weighted by molar-refractivity contribution is 0.589. The molecule has 0 saturated heterocycles. The summed E-state index contributed by atoms with van der Waals surface area (Å²) in [6.45, 7) is 0. The zero-order valence-electron chi connectivity index (χ0n) is 9.33. The van der Waals surface area contributed by atoms with Crippen LogP contribution in [0.15, 0.2) is 29.4 Å². The van der Waals surface area contributed by atoms with Crippen LogP contribution in [0.4, 0.5) is 0 Å². The van der Waals surface area contributed by atoms with E-state index in [4.69, 9.17) is 0 Å². The van der Waals surface area contributed by atoms with Gasteiger partial charge in [0, 0.05) is 23.8 Å². The average Bonchev–Trinajstić information content (AvgIpc) is 2.63. The molecule has 0 bridgehead atoms. The minimum absolute atomic E-state index is 0.504. The normalized spacial score (nSPS) is 14.9. The van der Waals surface area contributed by atoms with Crippen LogP contribution in [-0.2, 0) is 17.6 Å². The highest BCUT2D eigenvalue weighted by Gasteiger charge is 2.20. The van der Waals surface area contributed by atoms with Gasteiger partial charge in [0.1, 0.15) is 12.1 Å². The van der Waals surface area contributed by atoms with Crippen molar-refractivity contribution >= 4 is 23.5 Å². The maximum atomic E-state index is 11.5. The summed E-state index contributed by atoms with van der Waals surface area (Å²) in [5, 5.41) is 8.58. The fourth-order valence-corrected chi connectivity index (χ4v) is 2.56. The number of rotatable bonds is 1. The Bertz CT molecular complexity index is 589. The van der Waals surface area contributed by atoms with Gasteiger partial charge in [0.05, 0.1) is 0 Å². The number of fused-ring (bicyclic) bond motifs is 2. The van der Waals surface area contributed by atoms with Crippen LogP contribution in [0, 0.1) is 0 Å². The Labute approximate surface area is 102 Å². The van der Waals surface area contributed by atoms with E-state index in [2.05, 4.69) is 22.3 Å². The second-order valence-corrected chi connectivity index (χ2v) is 5.19. The molecule has 0 N–H and O–H groups in total. The quantitative estimate of drug-likeness (QED) is 0.611. The van der Waals surface area contributed by atoms with Crippen LogP contribution in [0.3, 0.4) is 0 Å². The Balaban J connectivity index is 2.13. The highest BCUT2D eigenvalue weighted by Crippen LogP contribution is 2.21. The molecule has 0 amide bonds. The van der Waals surface area contributed by atoms with Gasteiger partial charge in [0.25, 0.3) is 0 Å². The minimum Gasteiger partial charge on any atom is -0.609 e. The average molecular weight is 245 g/mol. The fourth-order valence-electron chi connectivity index (χ4n) is 1.96. The van der Waals surface area contributed by atoms with Gasteiger partial charge in [0.15, 0.2) is 0 Å². The van der Waals surface area contributed by atoms with Crippen LogP contribution in [0.5, 0.6) is 0 Å². The van der Waals surface area contributed by atoms with E-state index in [0.29, 0.717) is 11.6 Å². The molecule has 0 radical (unpaired) electrons. The van der Waals surface area contributed by atoms with Gasteiger partial charge in [-0.15, -0.1) is 5.10 Å². The Morgan fingerprint density at radius 1 is 1.29 bits per heavy atom. The summed E-state index contributed by atoms with van der Waals surface area (Å²) in [6.07, 6.45) is 6.22. The van der Waals surface area contributed by atoms with E-state index >= 15 is 0 Å². The van der Waals surface area contributed by atoms with Crippen molar-refractivity contribution in [2.75, 3.05) is 6.26 Å². The maximum Gasteiger partial charge on any atom is 0.347 e. The second kappa shape index (κ2) is 4.01. The van der Waals surface area contributed by atoms with Crippen molar-refractivity contribution in [3.05, 3.63) is 41.2 Å². The van der Waals surface area contributed by atoms with E-state index in [-0.39, 0.29) is 0 Å². The first-order valence-corrected chi connectivity index (χ1v) is 6.85. The number of hydrogen-bond acceptors (Lipinski definition) is 3. The van der Waals surface area contributed by atoms with Crippen molar-refractivity contribution in [2.24, 2.45) is 0 Å². The molecule has 5 heteroatoms. The lowest BCUT2D eigenvalue weighted by atomic mass is 10.1. The molecule has 1 atom stereocenters. The predicted octanol–water partition coefficient (Wildman–Crippen LogP) is 1.55. The number of aromatic nitrogens is 3. The van der Waals surface area contributed by atoms with Gasteiger partial charge < -0.3 is 4.55 Å². The summed E-state index contributed by atoms with van der Waals surface area (Å²) in [5.41, 5.74) is 2.38. The summed E-state index contributed by atoms with van der Waals surface area (Å²) in [4.78, 5) is 0. The third-order valence-corrected chi connectivity index (χ3v) is 3.59. The molecule has 0 fully saturated rings. The summed E-state index contributed by atoms with van der Waals surface area (Å²) >= 11 is -1.12. The molecule has 4 nitrogen and oxygen atoms in total. The molecule has 1 aliphatic heterocycles. The molecule has 3 rings (SSSR count). The van der Waals surface area contributed by atoms with Crippen LogP contribution in [0.25, 0.3) is 12.3 Å². The molecule has 1 aromatic carbocycles. The van der Waals surface area contributed by atoms with Gasteiger partial charge in [0.2, 0.25) is 0 Å². The van der Waals surface area contributed by atoms with E-state index in [1.807, 2.05) is 29.0 Å². The van der Waals surface area contributed by atoms with Crippen LogP contribution in [-0.4, -0.2) is 25.6 Å². The molecule has 0 aliphatic carbocycles. The highest BCUT2D eigenvalue weighted by molar-refractivity contribution is 7.90. The first kappa shape index (κ1) is 10.6. The lowest BCUT2D eigenvalue weighted by Crippen LogP contribution is -2.06. The molecule has 0 spiro atoms. The van der Waals surface area contributed by atoms with Crippen molar-refractivity contribution in [1.29, 1.82) is 0 Å². The predicted molar refractivity (Wildman–Crippen MR) is 66.8 cm³/mol. The monoisotopic (exact) mass is 245 g/mol. The molecule has 2 aromatic rings. The zero-order valence-corrected chi connectivity index (χ0v) is 10.1. The number of hydrogen-bond donors (Lipinski definition) is 0.